The summed E-state index contributed by atoms with van der Waals surface area (Å²) >= 11 is 0. The van der Waals surface area contributed by atoms with Crippen LogP contribution in [0.15, 0.2) is 24.5 Å². The first-order valence-electron chi connectivity index (χ1n) is 5.12. The minimum atomic E-state index is 0.833. The van der Waals surface area contributed by atoms with E-state index in [9.17, 15) is 0 Å². The number of pyridine rings is 1. The van der Waals surface area contributed by atoms with Crippen molar-refractivity contribution in [2.45, 2.75) is 33.1 Å². The van der Waals surface area contributed by atoms with Gasteiger partial charge in [-0.1, -0.05) is 20.3 Å². The van der Waals surface area contributed by atoms with Gasteiger partial charge in [0.25, 0.3) is 0 Å². The Morgan fingerprint density at radius 3 is 2.38 bits per heavy atom. The minimum absolute atomic E-state index is 0.833. The van der Waals surface area contributed by atoms with Crippen molar-refractivity contribution >= 4 is 0 Å². The molecular formula is C12H20N+. The molecule has 1 nitrogen and oxygen atoms in total. The molecule has 0 aliphatic rings. The Labute approximate surface area is 81.4 Å². The van der Waals surface area contributed by atoms with Crippen molar-refractivity contribution in [3.8, 4) is 0 Å². The molecule has 1 aromatic heterocycles. The second kappa shape index (κ2) is 5.00. The Kier molecular flexibility index (Phi) is 3.94. The largest absolute Gasteiger partial charge is 0.208 e. The average molecular weight is 178 g/mol. The molecule has 13 heavy (non-hydrogen) atoms. The van der Waals surface area contributed by atoms with E-state index in [0.717, 1.165) is 5.92 Å². The highest BCUT2D eigenvalue weighted by Gasteiger charge is 1.97. The summed E-state index contributed by atoms with van der Waals surface area (Å²) < 4.78 is 2.08. The van der Waals surface area contributed by atoms with Gasteiger partial charge in [0.1, 0.15) is 7.05 Å². The van der Waals surface area contributed by atoms with Gasteiger partial charge >= 0.3 is 0 Å². The highest BCUT2D eigenvalue weighted by molar-refractivity contribution is 5.06. The van der Waals surface area contributed by atoms with Gasteiger partial charge in [-0.2, -0.15) is 0 Å². The van der Waals surface area contributed by atoms with Crippen LogP contribution in [0.25, 0.3) is 0 Å². The van der Waals surface area contributed by atoms with Crippen LogP contribution < -0.4 is 4.57 Å². The van der Waals surface area contributed by atoms with Gasteiger partial charge in [-0.15, -0.1) is 0 Å². The van der Waals surface area contributed by atoms with Gasteiger partial charge in [-0.25, -0.2) is 4.57 Å². The van der Waals surface area contributed by atoms with Crippen LogP contribution in [-0.2, 0) is 13.5 Å². The summed E-state index contributed by atoms with van der Waals surface area (Å²) in [5, 5.41) is 0. The molecule has 1 rings (SSSR count). The highest BCUT2D eigenvalue weighted by Crippen LogP contribution is 2.08. The lowest BCUT2D eigenvalue weighted by molar-refractivity contribution is -0.671. The lowest BCUT2D eigenvalue weighted by Gasteiger charge is -2.03. The van der Waals surface area contributed by atoms with Crippen LogP contribution in [0.1, 0.15) is 32.3 Å². The SMILES string of the molecule is CC(C)CCCc1cc[n+](C)cc1. The maximum atomic E-state index is 2.28. The molecule has 1 heterocycles. The Morgan fingerprint density at radius 1 is 1.23 bits per heavy atom. The third-order valence-corrected chi connectivity index (χ3v) is 2.29. The molecule has 0 saturated carbocycles. The molecule has 0 N–H and O–H groups in total. The maximum absolute atomic E-state index is 2.28. The third kappa shape index (κ3) is 4.07. The van der Waals surface area contributed by atoms with E-state index in [1.165, 1.54) is 24.8 Å². The minimum Gasteiger partial charge on any atom is -0.208 e. The molecule has 0 atom stereocenters. The molecule has 1 aromatic rings. The Bertz CT molecular complexity index is 236. The molecule has 0 amide bonds. The maximum Gasteiger partial charge on any atom is 0.168 e. The molecule has 0 saturated heterocycles. The lowest BCUT2D eigenvalue weighted by Crippen LogP contribution is -2.25. The zero-order valence-electron chi connectivity index (χ0n) is 8.96. The monoisotopic (exact) mass is 178 g/mol. The van der Waals surface area contributed by atoms with Crippen molar-refractivity contribution < 1.29 is 4.57 Å². The second-order valence-electron chi connectivity index (χ2n) is 4.16. The van der Waals surface area contributed by atoms with Crippen molar-refractivity contribution in [2.24, 2.45) is 13.0 Å². The second-order valence-corrected chi connectivity index (χ2v) is 4.16. The summed E-state index contributed by atoms with van der Waals surface area (Å²) in [7, 11) is 2.05. The van der Waals surface area contributed by atoms with Crippen LogP contribution in [0.4, 0.5) is 0 Å². The van der Waals surface area contributed by atoms with Crippen LogP contribution in [-0.4, -0.2) is 0 Å². The Morgan fingerprint density at radius 2 is 1.85 bits per heavy atom. The lowest BCUT2D eigenvalue weighted by atomic mass is 10.0. The van der Waals surface area contributed by atoms with Gasteiger partial charge in [0.05, 0.1) is 0 Å². The summed E-state index contributed by atoms with van der Waals surface area (Å²) in [5.41, 5.74) is 1.46. The molecule has 0 radical (unpaired) electrons. The summed E-state index contributed by atoms with van der Waals surface area (Å²) in [6.45, 7) is 4.57. The van der Waals surface area contributed by atoms with E-state index in [-0.39, 0.29) is 0 Å². The van der Waals surface area contributed by atoms with Crippen molar-refractivity contribution in [2.75, 3.05) is 0 Å². The zero-order valence-corrected chi connectivity index (χ0v) is 8.96. The molecule has 0 aliphatic heterocycles. The van der Waals surface area contributed by atoms with E-state index < -0.39 is 0 Å². The first-order valence-corrected chi connectivity index (χ1v) is 5.12. The van der Waals surface area contributed by atoms with Gasteiger partial charge in [-0.05, 0) is 24.3 Å². The molecule has 0 aliphatic carbocycles. The average Bonchev–Trinajstić information content (AvgIpc) is 2.08. The molecule has 0 fully saturated rings. The molecule has 72 valence electrons. The van der Waals surface area contributed by atoms with Crippen molar-refractivity contribution in [3.63, 3.8) is 0 Å². The number of aromatic nitrogens is 1. The topological polar surface area (TPSA) is 3.88 Å². The predicted molar refractivity (Wildman–Crippen MR) is 55.4 cm³/mol. The van der Waals surface area contributed by atoms with Crippen LogP contribution in [0.2, 0.25) is 0 Å². The summed E-state index contributed by atoms with van der Waals surface area (Å²) in [6, 6.07) is 4.42. The molecule has 0 aromatic carbocycles. The number of hydrogen-bond acceptors (Lipinski definition) is 0. The molecule has 0 unspecified atom stereocenters. The molecule has 0 bridgehead atoms. The standard InChI is InChI=1S/C12H20N/c1-11(2)5-4-6-12-7-9-13(3)10-8-12/h7-11H,4-6H2,1-3H3/q+1. The predicted octanol–water partition coefficient (Wildman–Crippen LogP) is 2.49. The van der Waals surface area contributed by atoms with Crippen molar-refractivity contribution in [1.29, 1.82) is 0 Å². The summed E-state index contributed by atoms with van der Waals surface area (Å²) in [5.74, 6) is 0.833. The normalized spacial score (nSPS) is 10.8. The van der Waals surface area contributed by atoms with Gasteiger partial charge in [0.15, 0.2) is 12.4 Å². The van der Waals surface area contributed by atoms with E-state index in [1.54, 1.807) is 0 Å². The zero-order chi connectivity index (χ0) is 9.68. The van der Waals surface area contributed by atoms with Gasteiger partial charge in [0.2, 0.25) is 0 Å². The van der Waals surface area contributed by atoms with Gasteiger partial charge < -0.3 is 0 Å². The van der Waals surface area contributed by atoms with E-state index in [0.29, 0.717) is 0 Å². The van der Waals surface area contributed by atoms with Gasteiger partial charge in [-0.3, -0.25) is 0 Å². The molecule has 0 spiro atoms. The van der Waals surface area contributed by atoms with E-state index >= 15 is 0 Å². The van der Waals surface area contributed by atoms with Crippen molar-refractivity contribution in [3.05, 3.63) is 30.1 Å². The number of rotatable bonds is 4. The fourth-order valence-electron chi connectivity index (χ4n) is 1.41. The quantitative estimate of drug-likeness (QED) is 0.624. The number of nitrogens with zero attached hydrogens (tertiary/aromatic N) is 1. The Hall–Kier alpha value is -0.850. The van der Waals surface area contributed by atoms with Crippen LogP contribution in [0.5, 0.6) is 0 Å². The van der Waals surface area contributed by atoms with E-state index in [2.05, 4.69) is 50.0 Å². The number of hydrogen-bond donors (Lipinski definition) is 0. The first kappa shape index (κ1) is 10.2. The molecular weight excluding hydrogens is 158 g/mol. The van der Waals surface area contributed by atoms with E-state index in [1.807, 2.05) is 0 Å². The Balaban J connectivity index is 2.33. The van der Waals surface area contributed by atoms with Crippen molar-refractivity contribution in [1.82, 2.24) is 0 Å². The summed E-state index contributed by atoms with van der Waals surface area (Å²) in [6.07, 6.45) is 8.10. The smallest absolute Gasteiger partial charge is 0.168 e. The first-order chi connectivity index (χ1) is 6.18. The van der Waals surface area contributed by atoms with E-state index in [4.69, 9.17) is 0 Å². The summed E-state index contributed by atoms with van der Waals surface area (Å²) in [4.78, 5) is 0. The molecule has 1 heteroatoms. The van der Waals surface area contributed by atoms with Gasteiger partial charge in [0, 0.05) is 12.1 Å². The highest BCUT2D eigenvalue weighted by atomic mass is 14.9. The fraction of sp³-hybridized carbons (Fsp3) is 0.583. The van der Waals surface area contributed by atoms with Crippen LogP contribution in [0, 0.1) is 5.92 Å². The van der Waals surface area contributed by atoms with Crippen LogP contribution in [0.3, 0.4) is 0 Å². The third-order valence-electron chi connectivity index (χ3n) is 2.29. The fourth-order valence-corrected chi connectivity index (χ4v) is 1.41. The van der Waals surface area contributed by atoms with Crippen LogP contribution >= 0.6 is 0 Å². The number of aryl methyl sites for hydroxylation is 2.